The molecule has 3 rings (SSSR count). The second kappa shape index (κ2) is 9.64. The first kappa shape index (κ1) is 21.7. The fraction of sp³-hybridized carbons (Fsp3) is 0.154. The van der Waals surface area contributed by atoms with E-state index in [1.807, 2.05) is 84.9 Å². The molecule has 31 heavy (non-hydrogen) atoms. The van der Waals surface area contributed by atoms with Gasteiger partial charge in [0.05, 0.1) is 26.2 Å². The van der Waals surface area contributed by atoms with E-state index in [1.165, 1.54) is 7.11 Å². The van der Waals surface area contributed by atoms with E-state index < -0.39 is 17.4 Å². The van der Waals surface area contributed by atoms with Crippen molar-refractivity contribution in [3.05, 3.63) is 108 Å². The molecule has 3 aromatic carbocycles. The molecule has 0 saturated carbocycles. The Kier molecular flexibility index (Phi) is 6.74. The maximum Gasteiger partial charge on any atom is 0.333 e. The Bertz CT molecular complexity index is 1070. The summed E-state index contributed by atoms with van der Waals surface area (Å²) in [7, 11) is 2.90. The van der Waals surface area contributed by atoms with Crippen LogP contribution in [0.4, 0.5) is 5.69 Å². The summed E-state index contributed by atoms with van der Waals surface area (Å²) in [5.74, 6) is -0.581. The number of carbonyl (C=O) groups is 1. The van der Waals surface area contributed by atoms with E-state index in [-0.39, 0.29) is 5.57 Å². The summed E-state index contributed by atoms with van der Waals surface area (Å²) in [6, 6.07) is 28.4. The predicted octanol–water partition coefficient (Wildman–Crippen LogP) is 5.04. The summed E-state index contributed by atoms with van der Waals surface area (Å²) in [4.78, 5) is 12.6. The van der Waals surface area contributed by atoms with Gasteiger partial charge in [-0.15, -0.1) is 0 Å². The number of esters is 1. The van der Waals surface area contributed by atoms with Crippen molar-refractivity contribution >= 4 is 11.7 Å². The monoisotopic (exact) mass is 412 g/mol. The lowest BCUT2D eigenvalue weighted by Gasteiger charge is -2.38. The standard InChI is InChI=1S/C26H24N2O3/c1-19(25(29)31-3)24(20-10-6-4-7-11-20)26(18-27,21-12-8-5-9-13-21)28-22-14-16-23(30-2)17-15-22/h4-17,24,28H,1H2,2-3H3. The van der Waals surface area contributed by atoms with Gasteiger partial charge < -0.3 is 14.8 Å². The summed E-state index contributed by atoms with van der Waals surface area (Å²) in [5, 5.41) is 14.0. The summed E-state index contributed by atoms with van der Waals surface area (Å²) >= 11 is 0. The minimum absolute atomic E-state index is 0.181. The van der Waals surface area contributed by atoms with Gasteiger partial charge in [0.15, 0.2) is 5.54 Å². The number of anilines is 1. The SMILES string of the molecule is C=C(C(=O)OC)C(c1ccccc1)C(C#N)(Nc1ccc(OC)cc1)c1ccccc1. The van der Waals surface area contributed by atoms with Crippen LogP contribution in [0.15, 0.2) is 97.1 Å². The van der Waals surface area contributed by atoms with Crippen molar-refractivity contribution in [2.45, 2.75) is 11.5 Å². The summed E-state index contributed by atoms with van der Waals surface area (Å²) in [6.45, 7) is 4.02. The van der Waals surface area contributed by atoms with Crippen LogP contribution in [-0.2, 0) is 15.1 Å². The Balaban J connectivity index is 2.23. The number of hydrogen-bond donors (Lipinski definition) is 1. The smallest absolute Gasteiger partial charge is 0.333 e. The maximum absolute atomic E-state index is 12.6. The second-order valence-corrected chi connectivity index (χ2v) is 7.00. The Morgan fingerprint density at radius 2 is 1.55 bits per heavy atom. The summed E-state index contributed by atoms with van der Waals surface area (Å²) in [5.41, 5.74) is 1.02. The number of ether oxygens (including phenoxy) is 2. The molecule has 2 atom stereocenters. The quantitative estimate of drug-likeness (QED) is 0.415. The Hall–Kier alpha value is -4.04. The van der Waals surface area contributed by atoms with Crippen molar-refractivity contribution in [1.29, 1.82) is 5.26 Å². The lowest BCUT2D eigenvalue weighted by Crippen LogP contribution is -2.42. The zero-order chi connectivity index (χ0) is 22.3. The van der Waals surface area contributed by atoms with Gasteiger partial charge in [-0.05, 0) is 35.4 Å². The van der Waals surface area contributed by atoms with E-state index in [4.69, 9.17) is 9.47 Å². The number of rotatable bonds is 8. The molecule has 0 heterocycles. The molecule has 0 fully saturated rings. The van der Waals surface area contributed by atoms with Gasteiger partial charge in [-0.25, -0.2) is 4.79 Å². The van der Waals surface area contributed by atoms with Gasteiger partial charge in [-0.3, -0.25) is 0 Å². The van der Waals surface area contributed by atoms with Crippen molar-refractivity contribution in [2.75, 3.05) is 19.5 Å². The molecule has 2 unspecified atom stereocenters. The Morgan fingerprint density at radius 1 is 0.968 bits per heavy atom. The van der Waals surface area contributed by atoms with Gasteiger partial charge in [0.1, 0.15) is 5.75 Å². The number of hydrogen-bond acceptors (Lipinski definition) is 5. The topological polar surface area (TPSA) is 71.4 Å². The van der Waals surface area contributed by atoms with Crippen molar-refractivity contribution in [3.63, 3.8) is 0 Å². The molecule has 0 spiro atoms. The Labute approximate surface area is 182 Å². The van der Waals surface area contributed by atoms with Crippen LogP contribution in [0.25, 0.3) is 0 Å². The highest BCUT2D eigenvalue weighted by Crippen LogP contribution is 2.44. The van der Waals surface area contributed by atoms with Crippen LogP contribution in [0.1, 0.15) is 17.0 Å². The molecule has 0 aromatic heterocycles. The van der Waals surface area contributed by atoms with Crippen LogP contribution in [0.5, 0.6) is 5.75 Å². The van der Waals surface area contributed by atoms with Crippen LogP contribution in [0.3, 0.4) is 0 Å². The molecule has 156 valence electrons. The number of methoxy groups -OCH3 is 2. The lowest BCUT2D eigenvalue weighted by atomic mass is 9.71. The third-order valence-corrected chi connectivity index (χ3v) is 5.20. The third-order valence-electron chi connectivity index (χ3n) is 5.20. The van der Waals surface area contributed by atoms with Crippen molar-refractivity contribution in [1.82, 2.24) is 0 Å². The van der Waals surface area contributed by atoms with Crippen LogP contribution < -0.4 is 10.1 Å². The normalized spacial score (nSPS) is 13.2. The number of nitrogens with zero attached hydrogens (tertiary/aromatic N) is 1. The van der Waals surface area contributed by atoms with Gasteiger partial charge >= 0.3 is 5.97 Å². The summed E-state index contributed by atoms with van der Waals surface area (Å²) < 4.78 is 10.2. The minimum Gasteiger partial charge on any atom is -0.497 e. The fourth-order valence-corrected chi connectivity index (χ4v) is 3.68. The molecule has 0 saturated heterocycles. The highest BCUT2D eigenvalue weighted by atomic mass is 16.5. The van der Waals surface area contributed by atoms with Gasteiger partial charge in [-0.1, -0.05) is 67.2 Å². The Morgan fingerprint density at radius 3 is 2.06 bits per heavy atom. The molecule has 5 nitrogen and oxygen atoms in total. The molecular formula is C26H24N2O3. The average molecular weight is 412 g/mol. The third kappa shape index (κ3) is 4.44. The lowest BCUT2D eigenvalue weighted by molar-refractivity contribution is -0.136. The first-order chi connectivity index (χ1) is 15.1. The highest BCUT2D eigenvalue weighted by molar-refractivity contribution is 5.90. The molecule has 1 N–H and O–H groups in total. The van der Waals surface area contributed by atoms with Crippen molar-refractivity contribution in [3.8, 4) is 11.8 Å². The number of nitrogens with one attached hydrogen (secondary N) is 1. The molecule has 0 aliphatic heterocycles. The molecule has 0 amide bonds. The van der Waals surface area contributed by atoms with E-state index in [1.54, 1.807) is 7.11 Å². The molecule has 5 heteroatoms. The summed E-state index contributed by atoms with van der Waals surface area (Å²) in [6.07, 6.45) is 0. The zero-order valence-corrected chi connectivity index (χ0v) is 17.5. The van der Waals surface area contributed by atoms with E-state index in [0.29, 0.717) is 17.0 Å². The van der Waals surface area contributed by atoms with Gasteiger partial charge in [0.25, 0.3) is 0 Å². The molecule has 0 bridgehead atoms. The first-order valence-electron chi connectivity index (χ1n) is 9.76. The zero-order valence-electron chi connectivity index (χ0n) is 17.5. The number of nitriles is 1. The van der Waals surface area contributed by atoms with Crippen molar-refractivity contribution < 1.29 is 14.3 Å². The van der Waals surface area contributed by atoms with Gasteiger partial charge in [0.2, 0.25) is 0 Å². The van der Waals surface area contributed by atoms with Crippen LogP contribution in [-0.4, -0.2) is 20.2 Å². The fourth-order valence-electron chi connectivity index (χ4n) is 3.68. The number of benzene rings is 3. The largest absolute Gasteiger partial charge is 0.497 e. The predicted molar refractivity (Wildman–Crippen MR) is 121 cm³/mol. The van der Waals surface area contributed by atoms with Gasteiger partial charge in [0, 0.05) is 11.3 Å². The molecule has 0 aliphatic carbocycles. The van der Waals surface area contributed by atoms with E-state index in [9.17, 15) is 10.1 Å². The first-order valence-corrected chi connectivity index (χ1v) is 9.76. The maximum atomic E-state index is 12.6. The van der Waals surface area contributed by atoms with Crippen LogP contribution in [0, 0.1) is 11.3 Å². The van der Waals surface area contributed by atoms with E-state index in [2.05, 4.69) is 18.0 Å². The second-order valence-electron chi connectivity index (χ2n) is 7.00. The minimum atomic E-state index is -1.33. The average Bonchev–Trinajstić information content (AvgIpc) is 2.84. The molecule has 3 aromatic rings. The molecule has 0 aliphatic rings. The highest BCUT2D eigenvalue weighted by Gasteiger charge is 2.45. The van der Waals surface area contributed by atoms with Crippen LogP contribution >= 0.6 is 0 Å². The molecular weight excluding hydrogens is 388 g/mol. The number of carbonyl (C=O) groups excluding carboxylic acids is 1. The molecule has 0 radical (unpaired) electrons. The van der Waals surface area contributed by atoms with E-state index >= 15 is 0 Å². The van der Waals surface area contributed by atoms with Gasteiger partial charge in [-0.2, -0.15) is 5.26 Å². The van der Waals surface area contributed by atoms with Crippen molar-refractivity contribution in [2.24, 2.45) is 0 Å². The van der Waals surface area contributed by atoms with E-state index in [0.717, 1.165) is 5.56 Å². The van der Waals surface area contributed by atoms with Crippen LogP contribution in [0.2, 0.25) is 0 Å².